The third-order valence-corrected chi connectivity index (χ3v) is 3.74. The fourth-order valence-corrected chi connectivity index (χ4v) is 2.23. The summed E-state index contributed by atoms with van der Waals surface area (Å²) >= 11 is 0. The third-order valence-electron chi connectivity index (χ3n) is 3.74. The van der Waals surface area contributed by atoms with Gasteiger partial charge in [0.05, 0.1) is 19.8 Å². The van der Waals surface area contributed by atoms with Crippen molar-refractivity contribution in [1.29, 1.82) is 0 Å². The van der Waals surface area contributed by atoms with Crippen molar-refractivity contribution in [3.63, 3.8) is 0 Å². The van der Waals surface area contributed by atoms with Gasteiger partial charge < -0.3 is 19.5 Å². The van der Waals surface area contributed by atoms with E-state index < -0.39 is 0 Å². The molecule has 0 aliphatic heterocycles. The fraction of sp³-hybridized carbons (Fsp3) is 0.400. The summed E-state index contributed by atoms with van der Waals surface area (Å²) in [6, 6.07) is 15.7. The van der Waals surface area contributed by atoms with E-state index in [9.17, 15) is 0 Å². The second-order valence-electron chi connectivity index (χ2n) is 5.82. The van der Waals surface area contributed by atoms with E-state index in [1.807, 2.05) is 55.5 Å². The van der Waals surface area contributed by atoms with Gasteiger partial charge in [-0.1, -0.05) is 25.1 Å². The van der Waals surface area contributed by atoms with Crippen molar-refractivity contribution in [2.24, 2.45) is 0 Å². The van der Waals surface area contributed by atoms with Crippen LogP contribution in [0.3, 0.4) is 0 Å². The van der Waals surface area contributed by atoms with Crippen LogP contribution in [0.2, 0.25) is 0 Å². The van der Waals surface area contributed by atoms with E-state index >= 15 is 0 Å². The molecule has 0 radical (unpaired) electrons. The molecule has 0 heterocycles. The molecule has 130 valence electrons. The predicted molar refractivity (Wildman–Crippen MR) is 98.4 cm³/mol. The Morgan fingerprint density at radius 2 is 1.67 bits per heavy atom. The summed E-state index contributed by atoms with van der Waals surface area (Å²) < 4.78 is 17.1. The summed E-state index contributed by atoms with van der Waals surface area (Å²) in [6.45, 7) is 6.90. The first-order valence-corrected chi connectivity index (χ1v) is 8.42. The van der Waals surface area contributed by atoms with Crippen molar-refractivity contribution in [3.05, 3.63) is 48.5 Å². The van der Waals surface area contributed by atoms with Gasteiger partial charge in [-0.05, 0) is 44.5 Å². The zero-order chi connectivity index (χ0) is 17.4. The number of methoxy groups -OCH3 is 1. The molecule has 2 aromatic carbocycles. The zero-order valence-corrected chi connectivity index (χ0v) is 14.9. The lowest BCUT2D eigenvalue weighted by Crippen LogP contribution is -2.23. The Labute approximate surface area is 144 Å². The molecule has 2 aromatic rings. The van der Waals surface area contributed by atoms with Gasteiger partial charge in [0.1, 0.15) is 11.9 Å². The Morgan fingerprint density at radius 3 is 2.38 bits per heavy atom. The highest BCUT2D eigenvalue weighted by molar-refractivity contribution is 5.48. The molecular weight excluding hydrogens is 302 g/mol. The van der Waals surface area contributed by atoms with Crippen molar-refractivity contribution in [2.45, 2.75) is 39.4 Å². The second kappa shape index (κ2) is 9.06. The molecule has 4 heteroatoms. The first-order valence-electron chi connectivity index (χ1n) is 8.42. The summed E-state index contributed by atoms with van der Waals surface area (Å²) in [6.07, 6.45) is 1.20. The van der Waals surface area contributed by atoms with Crippen molar-refractivity contribution >= 4 is 5.69 Å². The minimum Gasteiger partial charge on any atom is -0.493 e. The number of para-hydroxylation sites is 2. The lowest BCUT2D eigenvalue weighted by molar-refractivity contribution is 0.217. The second-order valence-corrected chi connectivity index (χ2v) is 5.82. The maximum Gasteiger partial charge on any atom is 0.161 e. The number of hydrogen-bond acceptors (Lipinski definition) is 4. The predicted octanol–water partition coefficient (Wildman–Crippen LogP) is 4.75. The Bertz CT molecular complexity index is 630. The molecule has 0 spiro atoms. The summed E-state index contributed by atoms with van der Waals surface area (Å²) in [5, 5.41) is 3.39. The number of anilines is 1. The molecule has 2 atom stereocenters. The van der Waals surface area contributed by atoms with Crippen molar-refractivity contribution < 1.29 is 14.2 Å². The Kier molecular flexibility index (Phi) is 6.79. The van der Waals surface area contributed by atoms with E-state index in [-0.39, 0.29) is 12.2 Å². The maximum absolute atomic E-state index is 5.95. The van der Waals surface area contributed by atoms with Crippen LogP contribution in [0.1, 0.15) is 27.2 Å². The summed E-state index contributed by atoms with van der Waals surface area (Å²) in [7, 11) is 1.65. The largest absolute Gasteiger partial charge is 0.493 e. The lowest BCUT2D eigenvalue weighted by atomic mass is 10.2. The Morgan fingerprint density at radius 1 is 0.917 bits per heavy atom. The first-order chi connectivity index (χ1) is 11.6. The van der Waals surface area contributed by atoms with E-state index in [4.69, 9.17) is 14.2 Å². The molecule has 2 rings (SSSR count). The summed E-state index contributed by atoms with van der Waals surface area (Å²) in [5.41, 5.74) is 1.02. The van der Waals surface area contributed by atoms with E-state index in [2.05, 4.69) is 19.2 Å². The van der Waals surface area contributed by atoms with Gasteiger partial charge in [-0.2, -0.15) is 0 Å². The van der Waals surface area contributed by atoms with Gasteiger partial charge in [0.25, 0.3) is 0 Å². The number of hydrogen-bond donors (Lipinski definition) is 1. The molecule has 0 amide bonds. The molecule has 0 saturated heterocycles. The van der Waals surface area contributed by atoms with E-state index in [1.165, 1.54) is 0 Å². The highest BCUT2D eigenvalue weighted by Gasteiger charge is 2.09. The zero-order valence-electron chi connectivity index (χ0n) is 14.9. The first kappa shape index (κ1) is 18.0. The van der Waals surface area contributed by atoms with Gasteiger partial charge in [-0.15, -0.1) is 0 Å². The minimum absolute atomic E-state index is 0.000407. The Balaban J connectivity index is 1.89. The van der Waals surface area contributed by atoms with Gasteiger partial charge in [-0.25, -0.2) is 0 Å². The van der Waals surface area contributed by atoms with Gasteiger partial charge in [0.15, 0.2) is 11.5 Å². The molecular formula is C20H27NO3. The molecule has 0 bridgehead atoms. The molecule has 1 N–H and O–H groups in total. The summed E-state index contributed by atoms with van der Waals surface area (Å²) in [5.74, 6) is 2.38. The van der Waals surface area contributed by atoms with Gasteiger partial charge in [-0.3, -0.25) is 0 Å². The van der Waals surface area contributed by atoms with Crippen LogP contribution in [0.5, 0.6) is 17.2 Å². The monoisotopic (exact) mass is 329 g/mol. The van der Waals surface area contributed by atoms with Crippen LogP contribution in [0.15, 0.2) is 48.5 Å². The van der Waals surface area contributed by atoms with E-state index in [1.54, 1.807) is 7.11 Å². The number of benzene rings is 2. The third kappa shape index (κ3) is 5.37. The average molecular weight is 329 g/mol. The smallest absolute Gasteiger partial charge is 0.161 e. The Hall–Kier alpha value is -2.36. The number of rotatable bonds is 9. The molecule has 0 aromatic heterocycles. The van der Waals surface area contributed by atoms with Crippen molar-refractivity contribution in [1.82, 2.24) is 0 Å². The van der Waals surface area contributed by atoms with E-state index in [0.29, 0.717) is 6.54 Å². The molecule has 0 fully saturated rings. The van der Waals surface area contributed by atoms with Crippen LogP contribution in [0.4, 0.5) is 5.69 Å². The topological polar surface area (TPSA) is 39.7 Å². The lowest BCUT2D eigenvalue weighted by Gasteiger charge is -2.18. The average Bonchev–Trinajstić information content (AvgIpc) is 2.60. The molecule has 2 unspecified atom stereocenters. The van der Waals surface area contributed by atoms with Gasteiger partial charge in [0.2, 0.25) is 0 Å². The van der Waals surface area contributed by atoms with Crippen molar-refractivity contribution in [3.8, 4) is 17.2 Å². The highest BCUT2D eigenvalue weighted by Crippen LogP contribution is 2.27. The molecule has 0 aliphatic rings. The van der Waals surface area contributed by atoms with Crippen LogP contribution in [0.25, 0.3) is 0 Å². The quantitative estimate of drug-likeness (QED) is 0.720. The number of ether oxygens (including phenoxy) is 3. The SMILES string of the molecule is CCC(C)Oc1cccc(NCC(C)Oc2ccccc2OC)c1. The molecule has 24 heavy (non-hydrogen) atoms. The normalized spacial score (nSPS) is 13.0. The van der Waals surface area contributed by atoms with Crippen LogP contribution in [-0.4, -0.2) is 25.9 Å². The standard InChI is InChI=1S/C20H27NO3/c1-5-15(2)23-18-10-8-9-17(13-18)21-14-16(3)24-20-12-7-6-11-19(20)22-4/h6-13,15-16,21H,5,14H2,1-4H3. The highest BCUT2D eigenvalue weighted by atomic mass is 16.5. The van der Waals surface area contributed by atoms with E-state index in [0.717, 1.165) is 29.4 Å². The summed E-state index contributed by atoms with van der Waals surface area (Å²) in [4.78, 5) is 0. The maximum atomic E-state index is 5.95. The van der Waals surface area contributed by atoms with Crippen molar-refractivity contribution in [2.75, 3.05) is 19.0 Å². The van der Waals surface area contributed by atoms with Crippen LogP contribution in [0, 0.1) is 0 Å². The van der Waals surface area contributed by atoms with Gasteiger partial charge in [0, 0.05) is 11.8 Å². The minimum atomic E-state index is 0.000407. The molecule has 4 nitrogen and oxygen atoms in total. The number of nitrogens with one attached hydrogen (secondary N) is 1. The van der Waals surface area contributed by atoms with Crippen LogP contribution in [-0.2, 0) is 0 Å². The molecule has 0 saturated carbocycles. The molecule has 0 aliphatic carbocycles. The fourth-order valence-electron chi connectivity index (χ4n) is 2.23. The van der Waals surface area contributed by atoms with Crippen LogP contribution < -0.4 is 19.5 Å². The van der Waals surface area contributed by atoms with Crippen LogP contribution >= 0.6 is 0 Å². The van der Waals surface area contributed by atoms with Gasteiger partial charge >= 0.3 is 0 Å².